The predicted molar refractivity (Wildman–Crippen MR) is 60.5 cm³/mol. The van der Waals surface area contributed by atoms with E-state index in [9.17, 15) is 0 Å². The molecule has 3 N–H and O–H groups in total. The topological polar surface area (TPSA) is 69.9 Å². The van der Waals surface area contributed by atoms with E-state index in [1.54, 1.807) is 27.7 Å². The van der Waals surface area contributed by atoms with Gasteiger partial charge in [0.1, 0.15) is 0 Å². The van der Waals surface area contributed by atoms with E-state index in [1.165, 1.54) is 0 Å². The molecule has 0 saturated heterocycles. The fourth-order valence-corrected chi connectivity index (χ4v) is 0.189. The molecule has 0 aliphatic heterocycles. The first-order valence-corrected chi connectivity index (χ1v) is 5.27. The van der Waals surface area contributed by atoms with E-state index in [1.807, 2.05) is 22.6 Å². The first-order chi connectivity index (χ1) is 5.66. The molecule has 0 aromatic rings. The number of hydrogen-bond donors (Lipinski definition) is 3. The van der Waals surface area contributed by atoms with Gasteiger partial charge in [-0.3, -0.25) is 0 Å². The number of rotatable bonds is 3. The van der Waals surface area contributed by atoms with Gasteiger partial charge >= 0.3 is 7.69 Å². The molecular weight excluding hydrogens is 286 g/mol. The summed E-state index contributed by atoms with van der Waals surface area (Å²) in [6, 6.07) is 0. The van der Waals surface area contributed by atoms with Gasteiger partial charge in [0.15, 0.2) is 0 Å². The van der Waals surface area contributed by atoms with Crippen molar-refractivity contribution < 1.29 is 19.9 Å². The lowest BCUT2D eigenvalue weighted by molar-refractivity contribution is -0.107. The zero-order valence-corrected chi connectivity index (χ0v) is 10.6. The highest BCUT2D eigenvalue weighted by Gasteiger charge is 2.31. The van der Waals surface area contributed by atoms with Crippen LogP contribution in [0.1, 0.15) is 27.7 Å². The van der Waals surface area contributed by atoms with E-state index in [4.69, 9.17) is 15.2 Å². The summed E-state index contributed by atoms with van der Waals surface area (Å²) in [5.74, 6) is 0. The molecule has 1 radical (unpaired) electrons. The van der Waals surface area contributed by atoms with Crippen molar-refractivity contribution in [3.63, 3.8) is 0 Å². The van der Waals surface area contributed by atoms with Crippen LogP contribution in [0.3, 0.4) is 0 Å². The van der Waals surface area contributed by atoms with Crippen LogP contribution in [0.4, 0.5) is 0 Å². The van der Waals surface area contributed by atoms with Gasteiger partial charge in [0, 0.05) is 0 Å². The third-order valence-electron chi connectivity index (χ3n) is 1.63. The monoisotopic (exact) mass is 303 g/mol. The summed E-state index contributed by atoms with van der Waals surface area (Å²) in [6.07, 6.45) is 0. The lowest BCUT2D eigenvalue weighted by Crippen LogP contribution is -2.44. The molecule has 0 heterocycles. The van der Waals surface area contributed by atoms with E-state index in [2.05, 4.69) is 4.65 Å². The van der Waals surface area contributed by atoms with Crippen LogP contribution in [0.15, 0.2) is 0 Å². The van der Waals surface area contributed by atoms with E-state index in [0.29, 0.717) is 12.3 Å². The zero-order chi connectivity index (χ0) is 11.1. The van der Waals surface area contributed by atoms with Gasteiger partial charge in [-0.05, 0) is 27.7 Å². The Morgan fingerprint density at radius 3 is 1.46 bits per heavy atom. The van der Waals surface area contributed by atoms with Crippen LogP contribution in [0, 0.1) is 0 Å². The lowest BCUT2D eigenvalue weighted by Gasteiger charge is -2.31. The van der Waals surface area contributed by atoms with Gasteiger partial charge in [-0.15, -0.1) is 0 Å². The number of aliphatic hydroxyl groups is 2. The Morgan fingerprint density at radius 2 is 1.46 bits per heavy atom. The predicted octanol–water partition coefficient (Wildman–Crippen LogP) is 0.450. The Morgan fingerprint density at radius 1 is 1.15 bits per heavy atom. The molecular formula is C7H17BIO4. The van der Waals surface area contributed by atoms with Crippen LogP contribution in [-0.2, 0) is 4.65 Å². The Balaban J connectivity index is 0. The van der Waals surface area contributed by atoms with Crippen molar-refractivity contribution in [1.29, 1.82) is 0 Å². The van der Waals surface area contributed by atoms with Crippen LogP contribution in [-0.4, -0.2) is 38.7 Å². The smallest absolute Gasteiger partial charge is 0.429 e. The molecule has 13 heavy (non-hydrogen) atoms. The van der Waals surface area contributed by atoms with Crippen molar-refractivity contribution in [3.8, 4) is 0 Å². The minimum absolute atomic E-state index is 0.508. The molecule has 0 spiro atoms. The highest BCUT2D eigenvalue weighted by Crippen LogP contribution is 2.19. The van der Waals surface area contributed by atoms with E-state index in [0.717, 1.165) is 0 Å². The Labute approximate surface area is 93.7 Å². The molecule has 0 fully saturated rings. The van der Waals surface area contributed by atoms with Gasteiger partial charge in [0.05, 0.1) is 15.8 Å². The molecule has 4 nitrogen and oxygen atoms in total. The molecule has 79 valence electrons. The molecule has 0 atom stereocenters. The molecule has 0 aliphatic rings. The van der Waals surface area contributed by atoms with Crippen molar-refractivity contribution in [2.45, 2.75) is 38.9 Å². The van der Waals surface area contributed by atoms with Crippen LogP contribution in [0.5, 0.6) is 0 Å². The summed E-state index contributed by atoms with van der Waals surface area (Å²) in [5.41, 5.74) is -2.01. The normalized spacial score (nSPS) is 11.7. The van der Waals surface area contributed by atoms with Crippen molar-refractivity contribution in [2.24, 2.45) is 0 Å². The summed E-state index contributed by atoms with van der Waals surface area (Å²) in [5, 5.41) is 25.9. The van der Waals surface area contributed by atoms with Crippen molar-refractivity contribution in [1.82, 2.24) is 0 Å². The summed E-state index contributed by atoms with van der Waals surface area (Å²) < 4.78 is 4.76. The second-order valence-corrected chi connectivity index (χ2v) is 4.12. The largest absolute Gasteiger partial charge is 0.485 e. The molecule has 0 amide bonds. The van der Waals surface area contributed by atoms with Crippen molar-refractivity contribution >= 4 is 30.3 Å². The summed E-state index contributed by atoms with van der Waals surface area (Å²) in [6.45, 7) is 6.31. The highest BCUT2D eigenvalue weighted by atomic mass is 127. The average Bonchev–Trinajstić information content (AvgIpc) is 1.85. The van der Waals surface area contributed by atoms with Gasteiger partial charge in [-0.25, -0.2) is 0 Å². The highest BCUT2D eigenvalue weighted by molar-refractivity contribution is 14.1. The second kappa shape index (κ2) is 7.00. The van der Waals surface area contributed by atoms with Crippen LogP contribution >= 0.6 is 22.6 Å². The van der Waals surface area contributed by atoms with Crippen molar-refractivity contribution in [2.75, 3.05) is 4.61 Å². The van der Waals surface area contributed by atoms with Crippen LogP contribution in [0.2, 0.25) is 0 Å². The zero-order valence-electron chi connectivity index (χ0n) is 8.41. The average molecular weight is 303 g/mol. The lowest BCUT2D eigenvalue weighted by atomic mass is 9.90. The molecule has 0 aromatic heterocycles. The number of hydrogen-bond acceptors (Lipinski definition) is 4. The van der Waals surface area contributed by atoms with Gasteiger partial charge in [0.2, 0.25) is 0 Å². The van der Waals surface area contributed by atoms with E-state index < -0.39 is 11.2 Å². The van der Waals surface area contributed by atoms with E-state index >= 15 is 0 Å². The maximum atomic E-state index is 9.10. The second-order valence-electron chi connectivity index (χ2n) is 3.50. The SMILES string of the molecule is CC(C)(O)C(C)(C)O.O[B]OCI. The molecule has 0 bridgehead atoms. The molecule has 0 unspecified atom stereocenters. The van der Waals surface area contributed by atoms with Crippen LogP contribution in [0.25, 0.3) is 0 Å². The van der Waals surface area contributed by atoms with Gasteiger partial charge < -0.3 is 19.9 Å². The van der Waals surface area contributed by atoms with Gasteiger partial charge in [-0.2, -0.15) is 0 Å². The fraction of sp³-hybridized carbons (Fsp3) is 1.00. The Kier molecular flexibility index (Phi) is 8.65. The number of halogens is 1. The molecule has 0 aliphatic carbocycles. The molecule has 0 rings (SSSR count). The summed E-state index contributed by atoms with van der Waals surface area (Å²) in [7, 11) is 0.673. The van der Waals surface area contributed by atoms with Gasteiger partial charge in [-0.1, -0.05) is 22.6 Å². The Hall–Kier alpha value is 0.635. The quantitative estimate of drug-likeness (QED) is 0.402. The summed E-state index contributed by atoms with van der Waals surface area (Å²) in [4.78, 5) is 0. The standard InChI is InChI=1S/C6H14O2.CH3BIO2/c1-5(2,7)6(3,4)8;3-1-5-2-4/h7-8H,1-4H3;4H,1H2. The third-order valence-corrected chi connectivity index (χ3v) is 1.99. The third kappa shape index (κ3) is 10.6. The number of alkyl halides is 1. The molecule has 0 saturated carbocycles. The van der Waals surface area contributed by atoms with Crippen LogP contribution < -0.4 is 0 Å². The fourth-order valence-electron chi connectivity index (χ4n) is 0.0282. The first kappa shape index (κ1) is 16.1. The Bertz CT molecular complexity index is 105. The maximum absolute atomic E-state index is 9.10. The van der Waals surface area contributed by atoms with Crippen molar-refractivity contribution in [3.05, 3.63) is 0 Å². The van der Waals surface area contributed by atoms with Gasteiger partial charge in [0.25, 0.3) is 0 Å². The van der Waals surface area contributed by atoms with E-state index in [-0.39, 0.29) is 0 Å². The first-order valence-electron chi connectivity index (χ1n) is 3.75. The molecule has 0 aromatic carbocycles. The maximum Gasteiger partial charge on any atom is 0.485 e. The summed E-state index contributed by atoms with van der Waals surface area (Å²) >= 11 is 1.97. The minimum Gasteiger partial charge on any atom is -0.429 e. The minimum atomic E-state index is -1.01. The molecule has 6 heteroatoms.